The Hall–Kier alpha value is -3.03. The van der Waals surface area contributed by atoms with Crippen LogP contribution in [0.1, 0.15) is 5.56 Å². The number of carbonyl (C=O) groups is 3. The Morgan fingerprint density at radius 1 is 1.43 bits per heavy atom. The van der Waals surface area contributed by atoms with Crippen LogP contribution in [0.25, 0.3) is 6.08 Å². The molecular formula is C13H12N2O6. The number of aromatic hydroxyl groups is 1. The quantitative estimate of drug-likeness (QED) is 0.545. The predicted octanol–water partition coefficient (Wildman–Crippen LogP) is 0.378. The molecule has 1 saturated heterocycles. The Morgan fingerprint density at radius 3 is 2.71 bits per heavy atom. The fourth-order valence-electron chi connectivity index (χ4n) is 1.81. The largest absolute Gasteiger partial charge is 0.504 e. The summed E-state index contributed by atoms with van der Waals surface area (Å²) in [6.07, 6.45) is 1.33. The van der Waals surface area contributed by atoms with Crippen molar-refractivity contribution in [2.45, 2.75) is 0 Å². The zero-order chi connectivity index (χ0) is 15.6. The van der Waals surface area contributed by atoms with E-state index in [0.29, 0.717) is 10.5 Å². The van der Waals surface area contributed by atoms with Gasteiger partial charge in [0.15, 0.2) is 11.5 Å². The van der Waals surface area contributed by atoms with E-state index in [-0.39, 0.29) is 17.2 Å². The molecule has 0 radical (unpaired) electrons. The molecule has 0 saturated carbocycles. The summed E-state index contributed by atoms with van der Waals surface area (Å²) in [5.41, 5.74) is 0.389. The van der Waals surface area contributed by atoms with E-state index in [1.54, 1.807) is 6.07 Å². The third-order valence-electron chi connectivity index (χ3n) is 2.77. The number of methoxy groups -OCH3 is 1. The first-order chi connectivity index (χ1) is 9.92. The molecule has 0 aliphatic carbocycles. The maximum absolute atomic E-state index is 11.9. The second-order valence-corrected chi connectivity index (χ2v) is 4.20. The molecule has 2 rings (SSSR count). The van der Waals surface area contributed by atoms with Gasteiger partial charge in [-0.15, -0.1) is 0 Å². The molecule has 0 bridgehead atoms. The highest BCUT2D eigenvalue weighted by atomic mass is 16.5. The van der Waals surface area contributed by atoms with Crippen molar-refractivity contribution in [2.24, 2.45) is 0 Å². The van der Waals surface area contributed by atoms with Gasteiger partial charge >= 0.3 is 12.0 Å². The first-order valence-corrected chi connectivity index (χ1v) is 5.85. The molecule has 0 atom stereocenters. The second-order valence-electron chi connectivity index (χ2n) is 4.20. The molecule has 8 nitrogen and oxygen atoms in total. The van der Waals surface area contributed by atoms with E-state index in [4.69, 9.17) is 9.84 Å². The van der Waals surface area contributed by atoms with Crippen molar-refractivity contribution in [1.82, 2.24) is 10.2 Å². The number of nitrogens with zero attached hydrogens (tertiary/aromatic N) is 1. The number of carboxylic acid groups (broad SMARTS) is 1. The van der Waals surface area contributed by atoms with Crippen LogP contribution in [-0.2, 0) is 9.59 Å². The maximum atomic E-state index is 11.9. The SMILES string of the molecule is COc1ccc(/C=C2/NC(=O)N(CC(=O)O)C2=O)cc1O. The number of rotatable bonds is 4. The molecular weight excluding hydrogens is 280 g/mol. The van der Waals surface area contributed by atoms with E-state index in [0.717, 1.165) is 0 Å². The van der Waals surface area contributed by atoms with Gasteiger partial charge in [-0.1, -0.05) is 6.07 Å². The van der Waals surface area contributed by atoms with E-state index in [1.807, 2.05) is 0 Å². The molecule has 1 aliphatic rings. The smallest absolute Gasteiger partial charge is 0.329 e. The van der Waals surface area contributed by atoms with Crippen molar-refractivity contribution in [3.05, 3.63) is 29.5 Å². The number of nitrogens with one attached hydrogen (secondary N) is 1. The van der Waals surface area contributed by atoms with E-state index in [1.165, 1.54) is 25.3 Å². The second kappa shape index (κ2) is 5.53. The molecule has 1 fully saturated rings. The molecule has 1 aliphatic heterocycles. The highest BCUT2D eigenvalue weighted by Gasteiger charge is 2.34. The summed E-state index contributed by atoms with van der Waals surface area (Å²) in [7, 11) is 1.40. The summed E-state index contributed by atoms with van der Waals surface area (Å²) < 4.78 is 4.89. The molecule has 0 spiro atoms. The molecule has 3 N–H and O–H groups in total. The van der Waals surface area contributed by atoms with Crippen LogP contribution in [0.2, 0.25) is 0 Å². The van der Waals surface area contributed by atoms with Gasteiger partial charge in [-0.05, 0) is 23.8 Å². The molecule has 1 aromatic rings. The monoisotopic (exact) mass is 292 g/mol. The number of hydrogen-bond donors (Lipinski definition) is 3. The highest BCUT2D eigenvalue weighted by Crippen LogP contribution is 2.27. The number of carbonyl (C=O) groups excluding carboxylic acids is 2. The molecule has 0 aromatic heterocycles. The number of imide groups is 1. The number of carboxylic acids is 1. The Morgan fingerprint density at radius 2 is 2.14 bits per heavy atom. The van der Waals surface area contributed by atoms with Gasteiger partial charge in [-0.25, -0.2) is 9.69 Å². The molecule has 8 heteroatoms. The van der Waals surface area contributed by atoms with Crippen LogP contribution in [0.3, 0.4) is 0 Å². The maximum Gasteiger partial charge on any atom is 0.329 e. The van der Waals surface area contributed by atoms with Gasteiger partial charge in [-0.2, -0.15) is 0 Å². The number of benzene rings is 1. The van der Waals surface area contributed by atoms with Crippen LogP contribution in [-0.4, -0.2) is 46.7 Å². The van der Waals surface area contributed by atoms with Crippen molar-refractivity contribution in [3.63, 3.8) is 0 Å². The van der Waals surface area contributed by atoms with Crippen molar-refractivity contribution in [3.8, 4) is 11.5 Å². The van der Waals surface area contributed by atoms with Crippen molar-refractivity contribution >= 4 is 24.0 Å². The molecule has 1 aromatic carbocycles. The van der Waals surface area contributed by atoms with Crippen LogP contribution >= 0.6 is 0 Å². The number of aliphatic carboxylic acids is 1. The highest BCUT2D eigenvalue weighted by molar-refractivity contribution is 6.15. The number of phenolic OH excluding ortho intramolecular Hbond substituents is 1. The van der Waals surface area contributed by atoms with Gasteiger partial charge in [0.25, 0.3) is 5.91 Å². The Labute approximate surface area is 119 Å². The van der Waals surface area contributed by atoms with Crippen molar-refractivity contribution in [1.29, 1.82) is 0 Å². The van der Waals surface area contributed by atoms with Crippen LogP contribution < -0.4 is 10.1 Å². The lowest BCUT2D eigenvalue weighted by molar-refractivity contribution is -0.140. The first kappa shape index (κ1) is 14.4. The van der Waals surface area contributed by atoms with Gasteiger partial charge in [0.2, 0.25) is 0 Å². The van der Waals surface area contributed by atoms with E-state index >= 15 is 0 Å². The standard InChI is InChI=1S/C13H12N2O6/c1-21-10-3-2-7(5-9(10)16)4-8-12(19)15(6-11(17)18)13(20)14-8/h2-5,16H,6H2,1H3,(H,14,20)(H,17,18)/b8-4+. The zero-order valence-electron chi connectivity index (χ0n) is 11.0. The summed E-state index contributed by atoms with van der Waals surface area (Å²) in [4.78, 5) is 34.6. The lowest BCUT2D eigenvalue weighted by Crippen LogP contribution is -2.35. The van der Waals surface area contributed by atoms with Crippen molar-refractivity contribution < 1.29 is 29.3 Å². The summed E-state index contributed by atoms with van der Waals surface area (Å²) >= 11 is 0. The summed E-state index contributed by atoms with van der Waals surface area (Å²) in [6.45, 7) is -0.712. The average Bonchev–Trinajstić information content (AvgIpc) is 2.66. The molecule has 3 amide bonds. The van der Waals surface area contributed by atoms with E-state index in [2.05, 4.69) is 5.32 Å². The lowest BCUT2D eigenvalue weighted by Gasteiger charge is -2.07. The summed E-state index contributed by atoms with van der Waals surface area (Å²) in [6, 6.07) is 3.62. The number of phenols is 1. The predicted molar refractivity (Wildman–Crippen MR) is 70.5 cm³/mol. The molecule has 110 valence electrons. The van der Waals surface area contributed by atoms with E-state index < -0.39 is 24.5 Å². The Balaban J connectivity index is 2.26. The Bertz CT molecular complexity index is 652. The minimum atomic E-state index is -1.29. The number of amides is 3. The summed E-state index contributed by atoms with van der Waals surface area (Å²) in [5.74, 6) is -1.88. The minimum absolute atomic E-state index is 0.0641. The number of ether oxygens (including phenoxy) is 1. The normalized spacial score (nSPS) is 16.2. The number of urea groups is 1. The Kier molecular flexibility index (Phi) is 3.79. The van der Waals surface area contributed by atoms with Crippen LogP contribution in [0.5, 0.6) is 11.5 Å². The van der Waals surface area contributed by atoms with Gasteiger partial charge in [0.05, 0.1) is 7.11 Å². The minimum Gasteiger partial charge on any atom is -0.504 e. The van der Waals surface area contributed by atoms with Crippen LogP contribution in [0, 0.1) is 0 Å². The lowest BCUT2D eigenvalue weighted by atomic mass is 10.1. The average molecular weight is 292 g/mol. The zero-order valence-corrected chi connectivity index (χ0v) is 11.0. The molecule has 21 heavy (non-hydrogen) atoms. The fraction of sp³-hybridized carbons (Fsp3) is 0.154. The number of hydrogen-bond acceptors (Lipinski definition) is 5. The van der Waals surface area contributed by atoms with Gasteiger partial charge in [0.1, 0.15) is 12.2 Å². The first-order valence-electron chi connectivity index (χ1n) is 5.85. The topological polar surface area (TPSA) is 116 Å². The van der Waals surface area contributed by atoms with Gasteiger partial charge in [-0.3, -0.25) is 9.59 Å². The third-order valence-corrected chi connectivity index (χ3v) is 2.77. The fourth-order valence-corrected chi connectivity index (χ4v) is 1.81. The summed E-state index contributed by atoms with van der Waals surface area (Å²) in [5, 5.41) is 20.6. The third kappa shape index (κ3) is 2.94. The van der Waals surface area contributed by atoms with Crippen LogP contribution in [0.4, 0.5) is 4.79 Å². The van der Waals surface area contributed by atoms with E-state index in [9.17, 15) is 19.5 Å². The van der Waals surface area contributed by atoms with Crippen molar-refractivity contribution in [2.75, 3.05) is 13.7 Å². The van der Waals surface area contributed by atoms with Gasteiger partial charge in [0, 0.05) is 0 Å². The molecule has 0 unspecified atom stereocenters. The van der Waals surface area contributed by atoms with Crippen LogP contribution in [0.15, 0.2) is 23.9 Å². The molecule has 1 heterocycles. The van der Waals surface area contributed by atoms with Gasteiger partial charge < -0.3 is 20.3 Å².